The highest BCUT2D eigenvalue weighted by molar-refractivity contribution is 6.12. The number of hydrogen-bond donors (Lipinski definition) is 1. The molecule has 15 heavy (non-hydrogen) atoms. The second kappa shape index (κ2) is 5.97. The van der Waals surface area contributed by atoms with Gasteiger partial charge in [-0.25, -0.2) is 0 Å². The fraction of sp³-hybridized carbons (Fsp3) is 0.214. The van der Waals surface area contributed by atoms with Crippen molar-refractivity contribution in [2.75, 3.05) is 0 Å². The van der Waals surface area contributed by atoms with Gasteiger partial charge in [-0.3, -0.25) is 5.41 Å². The van der Waals surface area contributed by atoms with Crippen LogP contribution in [0, 0.1) is 5.41 Å². The molecule has 0 bridgehead atoms. The summed E-state index contributed by atoms with van der Waals surface area (Å²) in [5.74, 6) is 0. The maximum Gasteiger partial charge on any atom is 0.0681 e. The van der Waals surface area contributed by atoms with Crippen molar-refractivity contribution in [1.29, 1.82) is 5.41 Å². The summed E-state index contributed by atoms with van der Waals surface area (Å²) in [6.45, 7) is 4.06. The molecule has 0 amide bonds. The normalized spacial score (nSPS) is 12.0. The molecule has 0 fully saturated rings. The molecule has 0 spiro atoms. The van der Waals surface area contributed by atoms with Crippen LogP contribution < -0.4 is 0 Å². The fourth-order valence-corrected chi connectivity index (χ4v) is 1.42. The topological polar surface area (TPSA) is 23.9 Å². The van der Waals surface area contributed by atoms with Gasteiger partial charge in [-0.05, 0) is 24.5 Å². The highest BCUT2D eigenvalue weighted by atomic mass is 14.4. The van der Waals surface area contributed by atoms with Gasteiger partial charge in [0.2, 0.25) is 0 Å². The quantitative estimate of drug-likeness (QED) is 0.560. The summed E-state index contributed by atoms with van der Waals surface area (Å²) in [6.07, 6.45) is 6.99. The molecule has 1 N–H and O–H groups in total. The molecule has 1 rings (SSSR count). The van der Waals surface area contributed by atoms with Gasteiger partial charge in [-0.2, -0.15) is 0 Å². The third-order valence-electron chi connectivity index (χ3n) is 2.12. The Labute approximate surface area is 91.7 Å². The molecule has 1 aromatic carbocycles. The molecule has 0 aliphatic carbocycles. The number of rotatable bonds is 4. The summed E-state index contributed by atoms with van der Waals surface area (Å²) in [5, 5.41) is 8.07. The van der Waals surface area contributed by atoms with Crippen LogP contribution in [0.1, 0.15) is 25.8 Å². The highest BCUT2D eigenvalue weighted by Gasteiger charge is 2.03. The second-order valence-corrected chi connectivity index (χ2v) is 3.31. The average Bonchev–Trinajstić information content (AvgIpc) is 2.29. The molecule has 1 aromatic rings. The summed E-state index contributed by atoms with van der Waals surface area (Å²) in [4.78, 5) is 0. The van der Waals surface area contributed by atoms with Crippen molar-refractivity contribution < 1.29 is 0 Å². The predicted octanol–water partition coefficient (Wildman–Crippen LogP) is 3.97. The Balaban J connectivity index is 2.97. The molecular weight excluding hydrogens is 182 g/mol. The molecule has 78 valence electrons. The van der Waals surface area contributed by atoms with Crippen LogP contribution in [0.5, 0.6) is 0 Å². The van der Waals surface area contributed by atoms with Crippen molar-refractivity contribution in [2.24, 2.45) is 0 Å². The van der Waals surface area contributed by atoms with Gasteiger partial charge in [0.1, 0.15) is 0 Å². The van der Waals surface area contributed by atoms with Gasteiger partial charge in [0.05, 0.1) is 5.71 Å². The zero-order chi connectivity index (χ0) is 11.1. The smallest absolute Gasteiger partial charge is 0.0681 e. The third kappa shape index (κ3) is 3.21. The third-order valence-corrected chi connectivity index (χ3v) is 2.12. The van der Waals surface area contributed by atoms with Crippen LogP contribution in [0.2, 0.25) is 0 Å². The van der Waals surface area contributed by atoms with Crippen molar-refractivity contribution in [1.82, 2.24) is 0 Å². The van der Waals surface area contributed by atoms with Gasteiger partial charge < -0.3 is 0 Å². The van der Waals surface area contributed by atoms with Crippen LogP contribution in [0.3, 0.4) is 0 Å². The first-order chi connectivity index (χ1) is 7.29. The van der Waals surface area contributed by atoms with Gasteiger partial charge in [-0.15, -0.1) is 0 Å². The van der Waals surface area contributed by atoms with Crippen LogP contribution in [0.15, 0.2) is 54.1 Å². The predicted molar refractivity (Wildman–Crippen MR) is 66.5 cm³/mol. The molecule has 0 radical (unpaired) electrons. The van der Waals surface area contributed by atoms with E-state index in [1.54, 1.807) is 0 Å². The molecule has 1 heteroatoms. The average molecular weight is 199 g/mol. The molecule has 0 saturated heterocycles. The van der Waals surface area contributed by atoms with E-state index in [0.29, 0.717) is 5.71 Å². The summed E-state index contributed by atoms with van der Waals surface area (Å²) < 4.78 is 0. The van der Waals surface area contributed by atoms with E-state index in [9.17, 15) is 0 Å². The van der Waals surface area contributed by atoms with E-state index in [1.165, 1.54) is 0 Å². The summed E-state index contributed by atoms with van der Waals surface area (Å²) >= 11 is 0. The van der Waals surface area contributed by atoms with Crippen molar-refractivity contribution in [2.45, 2.75) is 20.3 Å². The lowest BCUT2D eigenvalue weighted by molar-refractivity contribution is 1.21. The van der Waals surface area contributed by atoms with E-state index in [1.807, 2.05) is 49.4 Å². The molecule has 0 saturated carbocycles. The first-order valence-electron chi connectivity index (χ1n) is 5.26. The molecule has 0 heterocycles. The largest absolute Gasteiger partial charge is 0.300 e. The Morgan fingerprint density at radius 2 is 1.93 bits per heavy atom. The van der Waals surface area contributed by atoms with E-state index >= 15 is 0 Å². The SMILES string of the molecule is C/C=C\C(=C/CC)C(=N)c1ccccc1. The maximum absolute atomic E-state index is 8.07. The van der Waals surface area contributed by atoms with Crippen LogP contribution >= 0.6 is 0 Å². The standard InChI is InChI=1S/C14H17N/c1-3-8-12(9-4-2)14(15)13-10-6-5-7-11-13/h3,5-11,15H,4H2,1-2H3/b8-3-,12-9+,15-14?. The molecule has 1 nitrogen and oxygen atoms in total. The highest BCUT2D eigenvalue weighted by Crippen LogP contribution is 2.10. The fourth-order valence-electron chi connectivity index (χ4n) is 1.42. The molecule has 0 atom stereocenters. The number of hydrogen-bond acceptors (Lipinski definition) is 1. The van der Waals surface area contributed by atoms with E-state index in [0.717, 1.165) is 17.6 Å². The van der Waals surface area contributed by atoms with Gasteiger partial charge in [0, 0.05) is 0 Å². The lowest BCUT2D eigenvalue weighted by atomic mass is 10.0. The summed E-state index contributed by atoms with van der Waals surface area (Å²) in [5.41, 5.74) is 2.55. The Morgan fingerprint density at radius 1 is 1.27 bits per heavy atom. The van der Waals surface area contributed by atoms with Crippen molar-refractivity contribution in [3.05, 3.63) is 59.7 Å². The monoisotopic (exact) mass is 199 g/mol. The van der Waals surface area contributed by atoms with Gasteiger partial charge in [-0.1, -0.05) is 55.5 Å². The Morgan fingerprint density at radius 3 is 2.47 bits per heavy atom. The Bertz CT molecular complexity index is 372. The van der Waals surface area contributed by atoms with Crippen molar-refractivity contribution >= 4 is 5.71 Å². The lowest BCUT2D eigenvalue weighted by Crippen LogP contribution is -2.01. The maximum atomic E-state index is 8.07. The first kappa shape index (κ1) is 11.4. The van der Waals surface area contributed by atoms with Crippen LogP contribution in [-0.4, -0.2) is 5.71 Å². The van der Waals surface area contributed by atoms with Crippen LogP contribution in [0.25, 0.3) is 0 Å². The molecule has 0 aliphatic heterocycles. The minimum absolute atomic E-state index is 0.593. The zero-order valence-electron chi connectivity index (χ0n) is 9.33. The molecule has 0 unspecified atom stereocenters. The van der Waals surface area contributed by atoms with E-state index in [-0.39, 0.29) is 0 Å². The van der Waals surface area contributed by atoms with Gasteiger partial charge >= 0.3 is 0 Å². The summed E-state index contributed by atoms with van der Waals surface area (Å²) in [7, 11) is 0. The Hall–Kier alpha value is -1.63. The minimum Gasteiger partial charge on any atom is -0.300 e. The van der Waals surface area contributed by atoms with E-state index in [2.05, 4.69) is 13.0 Å². The van der Waals surface area contributed by atoms with Crippen molar-refractivity contribution in [3.8, 4) is 0 Å². The number of benzene rings is 1. The van der Waals surface area contributed by atoms with Gasteiger partial charge in [0.25, 0.3) is 0 Å². The van der Waals surface area contributed by atoms with Crippen molar-refractivity contribution in [3.63, 3.8) is 0 Å². The number of allylic oxidation sites excluding steroid dienone is 4. The van der Waals surface area contributed by atoms with Crippen LogP contribution in [0.4, 0.5) is 0 Å². The molecular formula is C14H17N. The number of nitrogens with one attached hydrogen (secondary N) is 1. The lowest BCUT2D eigenvalue weighted by Gasteiger charge is -2.04. The first-order valence-corrected chi connectivity index (χ1v) is 5.26. The zero-order valence-corrected chi connectivity index (χ0v) is 9.33. The Kier molecular flexibility index (Phi) is 4.55. The molecule has 0 aliphatic rings. The second-order valence-electron chi connectivity index (χ2n) is 3.31. The van der Waals surface area contributed by atoms with Gasteiger partial charge in [0.15, 0.2) is 0 Å². The van der Waals surface area contributed by atoms with Crippen LogP contribution in [-0.2, 0) is 0 Å². The van der Waals surface area contributed by atoms with E-state index in [4.69, 9.17) is 5.41 Å². The summed E-state index contributed by atoms with van der Waals surface area (Å²) in [6, 6.07) is 9.83. The molecule has 0 aromatic heterocycles. The van der Waals surface area contributed by atoms with E-state index < -0.39 is 0 Å². The minimum atomic E-state index is 0.593.